The molecule has 0 bridgehead atoms. The molecular formula is C5H10N2O2. The quantitative estimate of drug-likeness (QED) is 0.393. The summed E-state index contributed by atoms with van der Waals surface area (Å²) in [6.07, 6.45) is 2.08. The lowest BCUT2D eigenvalue weighted by Gasteiger charge is -2.08. The zero-order chi connectivity index (χ0) is 6.85. The molecule has 0 aliphatic heterocycles. The Hall–Kier alpha value is -0.770. The van der Waals surface area contributed by atoms with Crippen LogP contribution in [0.25, 0.3) is 0 Å². The van der Waals surface area contributed by atoms with E-state index in [1.165, 1.54) is 7.05 Å². The zero-order valence-corrected chi connectivity index (χ0v) is 5.29. The lowest BCUT2D eigenvalue weighted by molar-refractivity contribution is -0.0184. The smallest absolute Gasteiger partial charge is 0.333 e. The minimum atomic E-state index is -0.419. The van der Waals surface area contributed by atoms with Gasteiger partial charge in [-0.05, 0) is 12.8 Å². The van der Waals surface area contributed by atoms with Crippen molar-refractivity contribution in [3.05, 3.63) is 0 Å². The largest absolute Gasteiger partial charge is 0.341 e. The minimum Gasteiger partial charge on any atom is -0.333 e. The van der Waals surface area contributed by atoms with E-state index >= 15 is 0 Å². The minimum absolute atomic E-state index is 0.312. The van der Waals surface area contributed by atoms with Crippen molar-refractivity contribution < 1.29 is 10.0 Å². The number of nitrogens with one attached hydrogen (secondary N) is 1. The van der Waals surface area contributed by atoms with Gasteiger partial charge in [0.2, 0.25) is 0 Å². The predicted molar refractivity (Wildman–Crippen MR) is 31.1 cm³/mol. The van der Waals surface area contributed by atoms with Gasteiger partial charge in [0.15, 0.2) is 0 Å². The molecule has 4 nitrogen and oxygen atoms in total. The molecule has 52 valence electrons. The van der Waals surface area contributed by atoms with E-state index < -0.39 is 6.03 Å². The first-order chi connectivity index (χ1) is 4.20. The number of rotatable bonds is 1. The SMILES string of the molecule is CN(O)C(=O)NC1CC1. The zero-order valence-electron chi connectivity index (χ0n) is 5.29. The maximum atomic E-state index is 10.6. The second-order valence-electron chi connectivity index (χ2n) is 2.25. The third-order valence-electron chi connectivity index (χ3n) is 1.20. The van der Waals surface area contributed by atoms with Gasteiger partial charge >= 0.3 is 6.03 Å². The fourth-order valence-electron chi connectivity index (χ4n) is 0.496. The molecule has 0 unspecified atom stereocenters. The van der Waals surface area contributed by atoms with Crippen LogP contribution in [0.15, 0.2) is 0 Å². The van der Waals surface area contributed by atoms with E-state index in [4.69, 9.17) is 5.21 Å². The van der Waals surface area contributed by atoms with Gasteiger partial charge in [0.25, 0.3) is 0 Å². The van der Waals surface area contributed by atoms with Crippen LogP contribution < -0.4 is 5.32 Å². The van der Waals surface area contributed by atoms with Crippen molar-refractivity contribution in [1.29, 1.82) is 0 Å². The molecule has 1 rings (SSSR count). The highest BCUT2D eigenvalue weighted by molar-refractivity contribution is 5.73. The molecule has 0 spiro atoms. The van der Waals surface area contributed by atoms with Gasteiger partial charge in [-0.1, -0.05) is 0 Å². The first-order valence-corrected chi connectivity index (χ1v) is 2.93. The molecular weight excluding hydrogens is 120 g/mol. The highest BCUT2D eigenvalue weighted by atomic mass is 16.5. The van der Waals surface area contributed by atoms with Crippen LogP contribution >= 0.6 is 0 Å². The first kappa shape index (κ1) is 6.35. The summed E-state index contributed by atoms with van der Waals surface area (Å²) in [5, 5.41) is 11.7. The predicted octanol–water partition coefficient (Wildman–Crippen LogP) is 0.179. The first-order valence-electron chi connectivity index (χ1n) is 2.93. The van der Waals surface area contributed by atoms with Crippen molar-refractivity contribution in [2.45, 2.75) is 18.9 Å². The number of carbonyl (C=O) groups excluding carboxylic acids is 1. The van der Waals surface area contributed by atoms with Crippen LogP contribution in [-0.4, -0.2) is 29.4 Å². The molecule has 2 N–H and O–H groups in total. The number of urea groups is 1. The molecule has 9 heavy (non-hydrogen) atoms. The highest BCUT2D eigenvalue weighted by Gasteiger charge is 2.24. The molecule has 0 radical (unpaired) electrons. The van der Waals surface area contributed by atoms with Crippen LogP contribution in [0.3, 0.4) is 0 Å². The van der Waals surface area contributed by atoms with Gasteiger partial charge in [0, 0.05) is 13.1 Å². The Balaban J connectivity index is 2.17. The van der Waals surface area contributed by atoms with Gasteiger partial charge in [-0.25, -0.2) is 9.86 Å². The Morgan fingerprint density at radius 2 is 2.33 bits per heavy atom. The third-order valence-corrected chi connectivity index (χ3v) is 1.20. The summed E-state index contributed by atoms with van der Waals surface area (Å²) >= 11 is 0. The second kappa shape index (κ2) is 2.23. The number of hydroxylamine groups is 2. The summed E-state index contributed by atoms with van der Waals surface area (Å²) < 4.78 is 0. The third kappa shape index (κ3) is 1.89. The van der Waals surface area contributed by atoms with Gasteiger partial charge in [0.1, 0.15) is 0 Å². The summed E-state index contributed by atoms with van der Waals surface area (Å²) in [7, 11) is 1.30. The number of amides is 2. The molecule has 2 amide bonds. The molecule has 1 aliphatic rings. The van der Waals surface area contributed by atoms with Crippen LogP contribution in [0.2, 0.25) is 0 Å². The van der Waals surface area contributed by atoms with Gasteiger partial charge in [0.05, 0.1) is 0 Å². The topological polar surface area (TPSA) is 52.6 Å². The summed E-state index contributed by atoms with van der Waals surface area (Å²) in [5.41, 5.74) is 0. The van der Waals surface area contributed by atoms with Gasteiger partial charge in [-0.15, -0.1) is 0 Å². The summed E-state index contributed by atoms with van der Waals surface area (Å²) in [4.78, 5) is 10.6. The lowest BCUT2D eigenvalue weighted by Crippen LogP contribution is -2.36. The van der Waals surface area contributed by atoms with E-state index in [1.807, 2.05) is 0 Å². The van der Waals surface area contributed by atoms with Crippen molar-refractivity contribution in [1.82, 2.24) is 10.4 Å². The Morgan fingerprint density at radius 3 is 2.67 bits per heavy atom. The fourth-order valence-corrected chi connectivity index (χ4v) is 0.496. The van der Waals surface area contributed by atoms with Crippen molar-refractivity contribution in [2.24, 2.45) is 0 Å². The van der Waals surface area contributed by atoms with Crippen LogP contribution in [0, 0.1) is 0 Å². The van der Waals surface area contributed by atoms with Gasteiger partial charge in [-0.2, -0.15) is 0 Å². The Labute approximate surface area is 53.4 Å². The summed E-state index contributed by atoms with van der Waals surface area (Å²) in [6, 6.07) is -0.107. The molecule has 4 heteroatoms. The lowest BCUT2D eigenvalue weighted by atomic mass is 10.7. The molecule has 0 heterocycles. The Kier molecular flexibility index (Phi) is 1.57. The Morgan fingerprint density at radius 1 is 1.78 bits per heavy atom. The van der Waals surface area contributed by atoms with E-state index in [-0.39, 0.29) is 0 Å². The van der Waals surface area contributed by atoms with E-state index in [1.54, 1.807) is 0 Å². The fraction of sp³-hybridized carbons (Fsp3) is 0.800. The van der Waals surface area contributed by atoms with Crippen molar-refractivity contribution in [3.63, 3.8) is 0 Å². The Bertz CT molecular complexity index is 120. The van der Waals surface area contributed by atoms with Crippen LogP contribution in [0.1, 0.15) is 12.8 Å². The number of nitrogens with zero attached hydrogens (tertiary/aromatic N) is 1. The molecule has 0 aromatic carbocycles. The van der Waals surface area contributed by atoms with Crippen LogP contribution in [-0.2, 0) is 0 Å². The molecule has 0 atom stereocenters. The monoisotopic (exact) mass is 130 g/mol. The maximum absolute atomic E-state index is 10.6. The van der Waals surface area contributed by atoms with Crippen LogP contribution in [0.4, 0.5) is 4.79 Å². The molecule has 0 aromatic heterocycles. The van der Waals surface area contributed by atoms with Crippen molar-refractivity contribution >= 4 is 6.03 Å². The molecule has 0 saturated heterocycles. The highest BCUT2D eigenvalue weighted by Crippen LogP contribution is 2.18. The van der Waals surface area contributed by atoms with Crippen LogP contribution in [0.5, 0.6) is 0 Å². The average molecular weight is 130 g/mol. The van der Waals surface area contributed by atoms with E-state index in [2.05, 4.69) is 5.32 Å². The van der Waals surface area contributed by atoms with E-state index in [9.17, 15) is 4.79 Å². The normalized spacial score (nSPS) is 17.1. The average Bonchev–Trinajstić information content (AvgIpc) is 2.50. The van der Waals surface area contributed by atoms with Gasteiger partial charge in [-0.3, -0.25) is 5.21 Å². The van der Waals surface area contributed by atoms with Gasteiger partial charge < -0.3 is 5.32 Å². The summed E-state index contributed by atoms with van der Waals surface area (Å²) in [6.45, 7) is 0. The number of carbonyl (C=O) groups is 1. The maximum Gasteiger partial charge on any atom is 0.341 e. The number of hydrogen-bond donors (Lipinski definition) is 2. The standard InChI is InChI=1S/C5H10N2O2/c1-7(9)5(8)6-4-2-3-4/h4,9H,2-3H2,1H3,(H,6,8). The van der Waals surface area contributed by atoms with E-state index in [0.29, 0.717) is 11.1 Å². The molecule has 1 fully saturated rings. The van der Waals surface area contributed by atoms with E-state index in [0.717, 1.165) is 12.8 Å². The van der Waals surface area contributed by atoms with Crippen molar-refractivity contribution in [3.8, 4) is 0 Å². The van der Waals surface area contributed by atoms with Crippen molar-refractivity contribution in [2.75, 3.05) is 7.05 Å². The molecule has 0 aromatic rings. The molecule has 1 aliphatic carbocycles. The molecule has 1 saturated carbocycles. The summed E-state index contributed by atoms with van der Waals surface area (Å²) in [5.74, 6) is 0. The number of hydrogen-bond acceptors (Lipinski definition) is 2. The second-order valence-corrected chi connectivity index (χ2v) is 2.25.